The number of aldehydes is 1. The first-order valence-corrected chi connectivity index (χ1v) is 2.70. The Bertz CT molecular complexity index is 231. The zero-order chi connectivity index (χ0) is 6.85. The largest absolute Gasteiger partial charge is 0.359 e. The van der Waals surface area contributed by atoms with E-state index < -0.39 is 0 Å². The summed E-state index contributed by atoms with van der Waals surface area (Å²) in [5.41, 5.74) is 0.161. The van der Waals surface area contributed by atoms with Gasteiger partial charge in [0.1, 0.15) is 5.02 Å². The summed E-state index contributed by atoms with van der Waals surface area (Å²) in [6.45, 7) is 1.64. The van der Waals surface area contributed by atoms with Crippen molar-refractivity contribution < 1.29 is 9.32 Å². The van der Waals surface area contributed by atoms with Crippen molar-refractivity contribution in [3.8, 4) is 0 Å². The molecule has 0 radical (unpaired) electrons. The fourth-order valence-electron chi connectivity index (χ4n) is 0.451. The van der Waals surface area contributed by atoms with E-state index in [1.165, 1.54) is 0 Å². The number of aryl methyl sites for hydroxylation is 1. The van der Waals surface area contributed by atoms with Gasteiger partial charge in [-0.05, 0) is 6.92 Å². The van der Waals surface area contributed by atoms with Crippen molar-refractivity contribution in [2.75, 3.05) is 0 Å². The molecule has 1 aromatic rings. The van der Waals surface area contributed by atoms with Gasteiger partial charge in [-0.25, -0.2) is 0 Å². The van der Waals surface area contributed by atoms with Crippen LogP contribution in [-0.2, 0) is 0 Å². The van der Waals surface area contributed by atoms with Crippen LogP contribution in [0.2, 0.25) is 5.02 Å². The minimum absolute atomic E-state index is 0.161. The van der Waals surface area contributed by atoms with Crippen molar-refractivity contribution in [3.05, 3.63) is 16.5 Å². The molecule has 0 aliphatic heterocycles. The van der Waals surface area contributed by atoms with E-state index in [1.54, 1.807) is 6.92 Å². The Morgan fingerprint density at radius 1 is 1.78 bits per heavy atom. The number of aromatic nitrogens is 1. The molecule has 1 heterocycles. The molecule has 48 valence electrons. The topological polar surface area (TPSA) is 43.1 Å². The second-order valence-electron chi connectivity index (χ2n) is 1.56. The molecule has 0 amide bonds. The fourth-order valence-corrected chi connectivity index (χ4v) is 0.565. The Labute approximate surface area is 56.6 Å². The number of nitrogens with zero attached hydrogens (tertiary/aromatic N) is 1. The number of rotatable bonds is 1. The maximum Gasteiger partial charge on any atom is 0.173 e. The van der Waals surface area contributed by atoms with Gasteiger partial charge in [-0.2, -0.15) is 0 Å². The second kappa shape index (κ2) is 2.19. The standard InChI is InChI=1S/C5H4ClNO2/c1-3-5(6)4(2-8)7-9-3/h2H,1H3. The van der Waals surface area contributed by atoms with Crippen LogP contribution in [-0.4, -0.2) is 11.4 Å². The highest BCUT2D eigenvalue weighted by Crippen LogP contribution is 2.16. The molecule has 0 bridgehead atoms. The van der Waals surface area contributed by atoms with Crippen molar-refractivity contribution in [1.29, 1.82) is 0 Å². The summed E-state index contributed by atoms with van der Waals surface area (Å²) in [6, 6.07) is 0. The first kappa shape index (κ1) is 6.29. The van der Waals surface area contributed by atoms with Crippen molar-refractivity contribution in [3.63, 3.8) is 0 Å². The Balaban J connectivity index is 3.18. The summed E-state index contributed by atoms with van der Waals surface area (Å²) in [4.78, 5) is 10.0. The van der Waals surface area contributed by atoms with Gasteiger partial charge in [0.15, 0.2) is 17.7 Å². The van der Waals surface area contributed by atoms with Gasteiger partial charge in [0.25, 0.3) is 0 Å². The first-order valence-electron chi connectivity index (χ1n) is 2.32. The molecule has 0 atom stereocenters. The summed E-state index contributed by atoms with van der Waals surface area (Å²) in [5.74, 6) is 0.471. The van der Waals surface area contributed by atoms with Gasteiger partial charge in [0.05, 0.1) is 0 Å². The number of hydrogen-bond donors (Lipinski definition) is 0. The van der Waals surface area contributed by atoms with Crippen LogP contribution in [0.1, 0.15) is 16.2 Å². The van der Waals surface area contributed by atoms with Crippen LogP contribution in [0, 0.1) is 6.92 Å². The van der Waals surface area contributed by atoms with E-state index in [-0.39, 0.29) is 5.69 Å². The maximum atomic E-state index is 10.0. The van der Waals surface area contributed by atoms with Gasteiger partial charge >= 0.3 is 0 Å². The predicted octanol–water partition coefficient (Wildman–Crippen LogP) is 1.45. The molecule has 0 N–H and O–H groups in total. The highest BCUT2D eigenvalue weighted by Gasteiger charge is 2.07. The molecule has 0 saturated carbocycles. The Morgan fingerprint density at radius 2 is 2.44 bits per heavy atom. The molecule has 0 aliphatic carbocycles. The number of hydrogen-bond acceptors (Lipinski definition) is 3. The lowest BCUT2D eigenvalue weighted by molar-refractivity contribution is 0.111. The molecular weight excluding hydrogens is 142 g/mol. The molecule has 0 fully saturated rings. The van der Waals surface area contributed by atoms with E-state index in [9.17, 15) is 4.79 Å². The minimum Gasteiger partial charge on any atom is -0.359 e. The SMILES string of the molecule is Cc1onc(C=O)c1Cl. The van der Waals surface area contributed by atoms with E-state index in [0.717, 1.165) is 0 Å². The summed E-state index contributed by atoms with van der Waals surface area (Å²) in [6.07, 6.45) is 0.554. The Morgan fingerprint density at radius 3 is 2.67 bits per heavy atom. The molecule has 3 nitrogen and oxygen atoms in total. The second-order valence-corrected chi connectivity index (χ2v) is 1.93. The van der Waals surface area contributed by atoms with Crippen LogP contribution in [0.3, 0.4) is 0 Å². The van der Waals surface area contributed by atoms with Gasteiger partial charge in [0.2, 0.25) is 0 Å². The number of halogens is 1. The van der Waals surface area contributed by atoms with Crippen molar-refractivity contribution in [2.24, 2.45) is 0 Å². The van der Waals surface area contributed by atoms with Crippen LogP contribution >= 0.6 is 11.6 Å². The third-order valence-electron chi connectivity index (χ3n) is 0.927. The number of carbonyl (C=O) groups excluding carboxylic acids is 1. The van der Waals surface area contributed by atoms with Crippen molar-refractivity contribution in [1.82, 2.24) is 5.16 Å². The predicted molar refractivity (Wildman–Crippen MR) is 31.6 cm³/mol. The van der Waals surface area contributed by atoms with E-state index in [4.69, 9.17) is 11.6 Å². The molecule has 9 heavy (non-hydrogen) atoms. The highest BCUT2D eigenvalue weighted by atomic mass is 35.5. The third kappa shape index (κ3) is 0.954. The van der Waals surface area contributed by atoms with Gasteiger partial charge in [0, 0.05) is 0 Å². The van der Waals surface area contributed by atoms with E-state index in [0.29, 0.717) is 17.1 Å². The monoisotopic (exact) mass is 145 g/mol. The smallest absolute Gasteiger partial charge is 0.173 e. The molecule has 1 rings (SSSR count). The molecule has 0 unspecified atom stereocenters. The van der Waals surface area contributed by atoms with Gasteiger partial charge in [-0.15, -0.1) is 0 Å². The summed E-state index contributed by atoms with van der Waals surface area (Å²) in [5, 5.41) is 3.66. The highest BCUT2D eigenvalue weighted by molar-refractivity contribution is 6.33. The minimum atomic E-state index is 0.161. The molecule has 0 saturated heterocycles. The Kier molecular flexibility index (Phi) is 1.53. The zero-order valence-electron chi connectivity index (χ0n) is 4.72. The quantitative estimate of drug-likeness (QED) is 0.562. The molecule has 0 aromatic carbocycles. The normalized spacial score (nSPS) is 9.56. The number of carbonyl (C=O) groups is 1. The zero-order valence-corrected chi connectivity index (χ0v) is 5.47. The van der Waals surface area contributed by atoms with Crippen molar-refractivity contribution in [2.45, 2.75) is 6.92 Å². The van der Waals surface area contributed by atoms with Crippen LogP contribution in [0.4, 0.5) is 0 Å². The lowest BCUT2D eigenvalue weighted by Gasteiger charge is -1.76. The first-order chi connectivity index (χ1) is 4.25. The maximum absolute atomic E-state index is 10.0. The lowest BCUT2D eigenvalue weighted by atomic mass is 10.4. The molecule has 4 heteroatoms. The van der Waals surface area contributed by atoms with Crippen LogP contribution < -0.4 is 0 Å². The molecule has 0 spiro atoms. The summed E-state index contributed by atoms with van der Waals surface area (Å²) < 4.78 is 4.57. The van der Waals surface area contributed by atoms with E-state index in [2.05, 4.69) is 9.68 Å². The Hall–Kier alpha value is -0.830. The van der Waals surface area contributed by atoms with Crippen LogP contribution in [0.15, 0.2) is 4.52 Å². The third-order valence-corrected chi connectivity index (χ3v) is 1.39. The van der Waals surface area contributed by atoms with Crippen LogP contribution in [0.5, 0.6) is 0 Å². The summed E-state index contributed by atoms with van der Waals surface area (Å²) >= 11 is 5.52. The molecule has 0 aliphatic rings. The molecular formula is C5H4ClNO2. The fraction of sp³-hybridized carbons (Fsp3) is 0.200. The lowest BCUT2D eigenvalue weighted by Crippen LogP contribution is -1.76. The van der Waals surface area contributed by atoms with Crippen LogP contribution in [0.25, 0.3) is 0 Å². The summed E-state index contributed by atoms with van der Waals surface area (Å²) in [7, 11) is 0. The van der Waals surface area contributed by atoms with E-state index in [1.807, 2.05) is 0 Å². The van der Waals surface area contributed by atoms with Gasteiger partial charge in [-0.3, -0.25) is 4.79 Å². The average Bonchev–Trinajstić information content (AvgIpc) is 2.15. The van der Waals surface area contributed by atoms with Crippen molar-refractivity contribution >= 4 is 17.9 Å². The average molecular weight is 146 g/mol. The van der Waals surface area contributed by atoms with E-state index >= 15 is 0 Å². The molecule has 1 aromatic heterocycles. The van der Waals surface area contributed by atoms with Gasteiger partial charge < -0.3 is 4.52 Å². The van der Waals surface area contributed by atoms with Gasteiger partial charge in [-0.1, -0.05) is 16.8 Å².